The molecule has 308 valence electrons. The topological polar surface area (TPSA) is 161 Å². The first kappa shape index (κ1) is 43.3. The zero-order chi connectivity index (χ0) is 41.9. The van der Waals surface area contributed by atoms with Crippen LogP contribution in [0.2, 0.25) is 0 Å². The summed E-state index contributed by atoms with van der Waals surface area (Å²) in [5, 5.41) is 8.06. The number of carbonyl (C=O) groups is 5. The smallest absolute Gasteiger partial charge is 0.408 e. The number of carbonyl (C=O) groups excluding carboxylic acids is 5. The SMILES string of the molecule is CCCC(=O)C1(c2ccccc2)CCN(C(=O)C(c2ccccc2)n2cnc(NC(=O)[C@@H](COCc3ccccc3)NC(=O)C(C)(C)NC(=O)OC(C)(C)C)c2)CC1. The van der Waals surface area contributed by atoms with Crippen LogP contribution in [0.15, 0.2) is 104 Å². The molecular weight excluding hydrogens is 737 g/mol. The second-order valence-electron chi connectivity index (χ2n) is 16.2. The minimum absolute atomic E-state index is 0.152. The number of hydrogen-bond acceptors (Lipinski definition) is 8. The van der Waals surface area contributed by atoms with Gasteiger partial charge < -0.3 is 34.9 Å². The molecule has 4 aromatic rings. The third-order valence-corrected chi connectivity index (χ3v) is 10.2. The summed E-state index contributed by atoms with van der Waals surface area (Å²) in [7, 11) is 0. The third-order valence-electron chi connectivity index (χ3n) is 10.2. The Bertz CT molecular complexity index is 2000. The van der Waals surface area contributed by atoms with Gasteiger partial charge in [-0.1, -0.05) is 97.9 Å². The van der Waals surface area contributed by atoms with Gasteiger partial charge >= 0.3 is 6.09 Å². The van der Waals surface area contributed by atoms with Crippen LogP contribution in [-0.2, 0) is 40.7 Å². The summed E-state index contributed by atoms with van der Waals surface area (Å²) < 4.78 is 12.9. The first-order valence-electron chi connectivity index (χ1n) is 19.8. The molecule has 13 heteroatoms. The van der Waals surface area contributed by atoms with E-state index in [-0.39, 0.29) is 30.7 Å². The molecule has 0 radical (unpaired) electrons. The van der Waals surface area contributed by atoms with Gasteiger partial charge in [-0.2, -0.15) is 0 Å². The number of anilines is 1. The normalized spacial score (nSPS) is 15.1. The lowest BCUT2D eigenvalue weighted by Crippen LogP contribution is -2.59. The maximum Gasteiger partial charge on any atom is 0.408 e. The number of hydrogen-bond donors (Lipinski definition) is 3. The number of rotatable bonds is 16. The molecule has 1 aliphatic heterocycles. The van der Waals surface area contributed by atoms with Gasteiger partial charge in [-0.15, -0.1) is 0 Å². The molecule has 1 unspecified atom stereocenters. The summed E-state index contributed by atoms with van der Waals surface area (Å²) in [6, 6.07) is 26.6. The molecule has 0 aliphatic carbocycles. The van der Waals surface area contributed by atoms with Gasteiger partial charge in [0.15, 0.2) is 5.82 Å². The van der Waals surface area contributed by atoms with Crippen molar-refractivity contribution in [1.82, 2.24) is 25.1 Å². The molecule has 0 spiro atoms. The summed E-state index contributed by atoms with van der Waals surface area (Å²) in [5.41, 5.74) is -0.303. The Morgan fingerprint density at radius 3 is 2.05 bits per heavy atom. The third kappa shape index (κ3) is 11.2. The molecule has 13 nitrogen and oxygen atoms in total. The first-order chi connectivity index (χ1) is 27.6. The van der Waals surface area contributed by atoms with Crippen molar-refractivity contribution >= 4 is 35.4 Å². The number of Topliss-reactive ketones (excluding diaryl/α,β-unsaturated/α-hetero) is 1. The minimum Gasteiger partial charge on any atom is -0.444 e. The highest BCUT2D eigenvalue weighted by molar-refractivity contribution is 5.99. The maximum absolute atomic E-state index is 14.5. The Balaban J connectivity index is 1.33. The molecule has 1 aliphatic rings. The van der Waals surface area contributed by atoms with Crippen LogP contribution in [0, 0.1) is 0 Å². The van der Waals surface area contributed by atoms with E-state index in [2.05, 4.69) is 20.9 Å². The van der Waals surface area contributed by atoms with Crippen molar-refractivity contribution in [3.8, 4) is 0 Å². The van der Waals surface area contributed by atoms with E-state index in [1.165, 1.54) is 20.2 Å². The predicted octanol–water partition coefficient (Wildman–Crippen LogP) is 6.35. The average Bonchev–Trinajstić information content (AvgIpc) is 3.65. The van der Waals surface area contributed by atoms with Crippen LogP contribution in [0.4, 0.5) is 10.6 Å². The number of nitrogens with zero attached hydrogens (tertiary/aromatic N) is 3. The van der Waals surface area contributed by atoms with Crippen LogP contribution in [0.25, 0.3) is 0 Å². The van der Waals surface area contributed by atoms with Crippen molar-refractivity contribution in [2.45, 2.75) is 102 Å². The fourth-order valence-electron chi connectivity index (χ4n) is 7.07. The number of nitrogens with one attached hydrogen (secondary N) is 3. The summed E-state index contributed by atoms with van der Waals surface area (Å²) in [6.07, 6.45) is 4.53. The summed E-state index contributed by atoms with van der Waals surface area (Å²) in [4.78, 5) is 74.3. The molecular formula is C45H56N6O7. The fourth-order valence-corrected chi connectivity index (χ4v) is 7.07. The molecule has 2 heterocycles. The van der Waals surface area contributed by atoms with Crippen molar-refractivity contribution in [1.29, 1.82) is 0 Å². The van der Waals surface area contributed by atoms with Gasteiger partial charge in [-0.05, 0) is 70.6 Å². The summed E-state index contributed by atoms with van der Waals surface area (Å²) >= 11 is 0. The van der Waals surface area contributed by atoms with E-state index in [9.17, 15) is 24.0 Å². The molecule has 0 saturated carbocycles. The molecule has 58 heavy (non-hydrogen) atoms. The number of aromatic nitrogens is 2. The highest BCUT2D eigenvalue weighted by Crippen LogP contribution is 2.39. The Morgan fingerprint density at radius 2 is 1.45 bits per heavy atom. The van der Waals surface area contributed by atoms with Crippen molar-refractivity contribution in [3.63, 3.8) is 0 Å². The summed E-state index contributed by atoms with van der Waals surface area (Å²) in [5.74, 6) is -1.07. The second-order valence-corrected chi connectivity index (χ2v) is 16.2. The lowest BCUT2D eigenvalue weighted by Gasteiger charge is -2.42. The van der Waals surface area contributed by atoms with Gasteiger partial charge in [0.25, 0.3) is 5.91 Å². The fraction of sp³-hybridized carbons (Fsp3) is 0.422. The number of alkyl carbamates (subject to hydrolysis) is 1. The lowest BCUT2D eigenvalue weighted by atomic mass is 9.68. The van der Waals surface area contributed by atoms with Crippen LogP contribution >= 0.6 is 0 Å². The van der Waals surface area contributed by atoms with E-state index < -0.39 is 46.5 Å². The predicted molar refractivity (Wildman–Crippen MR) is 221 cm³/mol. The van der Waals surface area contributed by atoms with E-state index >= 15 is 0 Å². The standard InChI is InChI=1S/C45H56N6O7/c1-7-17-36(52)45(34-22-15-10-16-23-34)24-26-50(27-25-45)40(54)38(33-20-13-9-14-21-33)51-28-37(46-31-51)48-39(53)35(30-57-29-32-18-11-8-12-19-32)47-41(55)44(5,6)49-42(56)58-43(2,3)4/h8-16,18-23,28,31,35,38H,7,17,24-27,29-30H2,1-6H3,(H,47,55)(H,48,53)(H,49,56)/t35-,38?/m1/s1. The Hall–Kier alpha value is -5.82. The zero-order valence-corrected chi connectivity index (χ0v) is 34.3. The van der Waals surface area contributed by atoms with Gasteiger partial charge in [0.2, 0.25) is 11.8 Å². The van der Waals surface area contributed by atoms with Crippen molar-refractivity contribution in [2.24, 2.45) is 0 Å². The van der Waals surface area contributed by atoms with E-state index in [4.69, 9.17) is 9.47 Å². The van der Waals surface area contributed by atoms with E-state index in [0.717, 1.165) is 23.1 Å². The number of ketones is 1. The van der Waals surface area contributed by atoms with E-state index in [1.807, 2.05) is 97.9 Å². The van der Waals surface area contributed by atoms with E-state index in [0.29, 0.717) is 32.4 Å². The molecule has 1 aromatic heterocycles. The van der Waals surface area contributed by atoms with Gasteiger partial charge in [0.05, 0.1) is 25.0 Å². The number of piperidine rings is 1. The highest BCUT2D eigenvalue weighted by atomic mass is 16.6. The van der Waals surface area contributed by atoms with Gasteiger partial charge in [0, 0.05) is 25.7 Å². The van der Waals surface area contributed by atoms with Crippen molar-refractivity contribution < 1.29 is 33.4 Å². The lowest BCUT2D eigenvalue weighted by molar-refractivity contribution is -0.138. The van der Waals surface area contributed by atoms with Crippen LogP contribution in [0.1, 0.15) is 90.0 Å². The Morgan fingerprint density at radius 1 is 0.845 bits per heavy atom. The molecule has 1 saturated heterocycles. The van der Waals surface area contributed by atoms with Crippen LogP contribution in [0.5, 0.6) is 0 Å². The zero-order valence-electron chi connectivity index (χ0n) is 34.3. The van der Waals surface area contributed by atoms with Crippen LogP contribution in [0.3, 0.4) is 0 Å². The van der Waals surface area contributed by atoms with Gasteiger partial charge in [-0.3, -0.25) is 19.2 Å². The maximum atomic E-state index is 14.5. The quantitative estimate of drug-likeness (QED) is 0.118. The number of amides is 4. The molecule has 2 atom stereocenters. The molecule has 0 bridgehead atoms. The number of ether oxygens (including phenoxy) is 2. The van der Waals surface area contributed by atoms with Crippen LogP contribution < -0.4 is 16.0 Å². The largest absolute Gasteiger partial charge is 0.444 e. The van der Waals surface area contributed by atoms with Crippen molar-refractivity contribution in [3.05, 3.63) is 120 Å². The van der Waals surface area contributed by atoms with Crippen molar-refractivity contribution in [2.75, 3.05) is 25.0 Å². The summed E-state index contributed by atoms with van der Waals surface area (Å²) in [6.45, 7) is 10.9. The Kier molecular flexibility index (Phi) is 14.2. The molecule has 3 aromatic carbocycles. The highest BCUT2D eigenvalue weighted by Gasteiger charge is 2.44. The van der Waals surface area contributed by atoms with Gasteiger partial charge in [-0.25, -0.2) is 9.78 Å². The minimum atomic E-state index is -1.45. The van der Waals surface area contributed by atoms with Gasteiger partial charge in [0.1, 0.15) is 29.0 Å². The average molecular weight is 793 g/mol. The molecule has 4 amide bonds. The second kappa shape index (κ2) is 19.1. The van der Waals surface area contributed by atoms with Crippen LogP contribution in [-0.4, -0.2) is 80.9 Å². The molecule has 1 fully saturated rings. The van der Waals surface area contributed by atoms with E-state index in [1.54, 1.807) is 36.4 Å². The monoisotopic (exact) mass is 792 g/mol. The number of imidazole rings is 1. The number of likely N-dealkylation sites (tertiary alicyclic amines) is 1. The molecule has 5 rings (SSSR count). The first-order valence-corrected chi connectivity index (χ1v) is 19.8. The molecule has 3 N–H and O–H groups in total. The Labute approximate surface area is 340 Å². The number of benzene rings is 3.